The number of nitrogens with zero attached hydrogens (tertiary/aromatic N) is 2. The maximum absolute atomic E-state index is 13.7. The summed E-state index contributed by atoms with van der Waals surface area (Å²) in [6, 6.07) is 12.2. The highest BCUT2D eigenvalue weighted by Gasteiger charge is 2.32. The van der Waals surface area contributed by atoms with Gasteiger partial charge in [0.1, 0.15) is 0 Å². The number of hydrogen-bond donors (Lipinski definition) is 0. The van der Waals surface area contributed by atoms with Gasteiger partial charge < -0.3 is 18.9 Å². The summed E-state index contributed by atoms with van der Waals surface area (Å²) >= 11 is 3.31. The van der Waals surface area contributed by atoms with Gasteiger partial charge in [-0.05, 0) is 65.8 Å². The van der Waals surface area contributed by atoms with Gasteiger partial charge in [0.25, 0.3) is 5.56 Å². The summed E-state index contributed by atoms with van der Waals surface area (Å²) in [5.74, 6) is -0.203. The summed E-state index contributed by atoms with van der Waals surface area (Å²) < 4.78 is 23.7. The van der Waals surface area contributed by atoms with E-state index in [2.05, 4.69) is 27.6 Å². The number of hydrogen-bond acceptors (Lipinski definition) is 9. The first-order valence-electron chi connectivity index (χ1n) is 11.6. The highest BCUT2D eigenvalue weighted by Crippen LogP contribution is 2.34. The molecule has 0 aliphatic carbocycles. The predicted molar refractivity (Wildman–Crippen MR) is 150 cm³/mol. The Balaban J connectivity index is 1.81. The van der Waals surface area contributed by atoms with E-state index in [9.17, 15) is 14.4 Å². The lowest BCUT2D eigenvalue weighted by atomic mass is 9.96. The molecule has 3 aromatic rings. The Morgan fingerprint density at radius 1 is 1.18 bits per heavy atom. The molecule has 0 N–H and O–H groups in total. The molecule has 38 heavy (non-hydrogen) atoms. The maximum atomic E-state index is 13.7. The standard InChI is InChI=1S/C27H25IN2O7S/c1-5-36-21(31)14-37-24-18(28)11-16(12-19(24)34-3)13-20-25(32)30-23(17-9-7-6-8-10-17)22(26(33)35-4)15(2)29-27(30)38-20/h6-13,23H,5,14H2,1-4H3. The van der Waals surface area contributed by atoms with Gasteiger partial charge in [0, 0.05) is 0 Å². The molecule has 0 spiro atoms. The second-order valence-corrected chi connectivity index (χ2v) is 10.3. The highest BCUT2D eigenvalue weighted by atomic mass is 127. The lowest BCUT2D eigenvalue weighted by Gasteiger charge is -2.24. The summed E-state index contributed by atoms with van der Waals surface area (Å²) in [7, 11) is 2.81. The van der Waals surface area contributed by atoms with Crippen LogP contribution in [0.3, 0.4) is 0 Å². The molecule has 9 nitrogen and oxygen atoms in total. The van der Waals surface area contributed by atoms with E-state index in [0.717, 1.165) is 5.56 Å². The van der Waals surface area contributed by atoms with Gasteiger partial charge in [0.2, 0.25) is 0 Å². The smallest absolute Gasteiger partial charge is 0.344 e. The largest absolute Gasteiger partial charge is 0.493 e. The molecule has 1 aliphatic heterocycles. The fraction of sp³-hybridized carbons (Fsp3) is 0.259. The number of rotatable bonds is 8. The van der Waals surface area contributed by atoms with Gasteiger partial charge in [0.05, 0.1) is 46.2 Å². The number of fused-ring (bicyclic) bond motifs is 1. The Labute approximate surface area is 236 Å². The first-order valence-corrected chi connectivity index (χ1v) is 13.5. The van der Waals surface area contributed by atoms with Crippen LogP contribution in [0.2, 0.25) is 0 Å². The number of allylic oxidation sites excluding steroid dienone is 1. The molecule has 0 radical (unpaired) electrons. The molecule has 1 unspecified atom stereocenters. The van der Waals surface area contributed by atoms with Crippen molar-refractivity contribution in [3.8, 4) is 11.5 Å². The van der Waals surface area contributed by atoms with Crippen LogP contribution < -0.4 is 24.4 Å². The number of benzene rings is 2. The van der Waals surface area contributed by atoms with E-state index in [1.54, 1.807) is 26.0 Å². The van der Waals surface area contributed by atoms with Crippen molar-refractivity contribution in [1.82, 2.24) is 4.57 Å². The Hall–Kier alpha value is -3.45. The third-order valence-corrected chi connectivity index (χ3v) is 7.52. The molecule has 4 rings (SSSR count). The normalized spacial score (nSPS) is 15.0. The van der Waals surface area contributed by atoms with E-state index in [4.69, 9.17) is 18.9 Å². The molecule has 0 saturated carbocycles. The van der Waals surface area contributed by atoms with Crippen molar-refractivity contribution in [2.75, 3.05) is 27.4 Å². The number of halogens is 1. The highest BCUT2D eigenvalue weighted by molar-refractivity contribution is 14.1. The third-order valence-electron chi connectivity index (χ3n) is 5.73. The minimum absolute atomic E-state index is 0.250. The first kappa shape index (κ1) is 27.6. The molecule has 198 valence electrons. The van der Waals surface area contributed by atoms with E-state index in [0.29, 0.717) is 41.2 Å². The lowest BCUT2D eigenvalue weighted by Crippen LogP contribution is -2.39. The number of esters is 2. The van der Waals surface area contributed by atoms with Crippen molar-refractivity contribution in [3.05, 3.63) is 88.1 Å². The molecule has 0 amide bonds. The van der Waals surface area contributed by atoms with Gasteiger partial charge in [-0.3, -0.25) is 9.36 Å². The van der Waals surface area contributed by atoms with Gasteiger partial charge in [-0.2, -0.15) is 0 Å². The van der Waals surface area contributed by atoms with Gasteiger partial charge in [-0.15, -0.1) is 0 Å². The molecule has 1 atom stereocenters. The monoisotopic (exact) mass is 648 g/mol. The van der Waals surface area contributed by atoms with Crippen molar-refractivity contribution in [1.29, 1.82) is 0 Å². The van der Waals surface area contributed by atoms with Gasteiger partial charge >= 0.3 is 11.9 Å². The first-order chi connectivity index (χ1) is 18.3. The maximum Gasteiger partial charge on any atom is 0.344 e. The Morgan fingerprint density at radius 2 is 1.92 bits per heavy atom. The van der Waals surface area contributed by atoms with Crippen LogP contribution in [-0.2, 0) is 19.1 Å². The summed E-state index contributed by atoms with van der Waals surface area (Å²) in [4.78, 5) is 43.2. The van der Waals surface area contributed by atoms with Crippen molar-refractivity contribution in [2.45, 2.75) is 19.9 Å². The van der Waals surface area contributed by atoms with E-state index in [-0.39, 0.29) is 18.8 Å². The lowest BCUT2D eigenvalue weighted by molar-refractivity contribution is -0.145. The minimum Gasteiger partial charge on any atom is -0.493 e. The van der Waals surface area contributed by atoms with Crippen LogP contribution >= 0.6 is 33.9 Å². The molecule has 11 heteroatoms. The van der Waals surface area contributed by atoms with Crippen molar-refractivity contribution in [3.63, 3.8) is 0 Å². The summed E-state index contributed by atoms with van der Waals surface area (Å²) in [5.41, 5.74) is 2.00. The third kappa shape index (κ3) is 5.53. The van der Waals surface area contributed by atoms with Crippen molar-refractivity contribution in [2.24, 2.45) is 4.99 Å². The van der Waals surface area contributed by atoms with E-state index in [1.807, 2.05) is 36.4 Å². The van der Waals surface area contributed by atoms with Gasteiger partial charge in [-0.25, -0.2) is 14.6 Å². The number of thiazole rings is 1. The molecule has 2 heterocycles. The molecule has 1 aliphatic rings. The topological polar surface area (TPSA) is 105 Å². The van der Waals surface area contributed by atoms with Crippen molar-refractivity contribution >= 4 is 51.9 Å². The second-order valence-electron chi connectivity index (χ2n) is 8.11. The summed E-state index contributed by atoms with van der Waals surface area (Å²) in [5, 5.41) is 0. The zero-order chi connectivity index (χ0) is 27.4. The van der Waals surface area contributed by atoms with Crippen LogP contribution in [0.1, 0.15) is 31.0 Å². The van der Waals surface area contributed by atoms with Crippen LogP contribution in [0.4, 0.5) is 0 Å². The predicted octanol–water partition coefficient (Wildman–Crippen LogP) is 2.96. The average molecular weight is 648 g/mol. The second kappa shape index (κ2) is 11.9. The van der Waals surface area contributed by atoms with E-state index < -0.39 is 18.0 Å². The van der Waals surface area contributed by atoms with Crippen LogP contribution in [0.5, 0.6) is 11.5 Å². The summed E-state index contributed by atoms with van der Waals surface area (Å²) in [6.07, 6.45) is 1.74. The van der Waals surface area contributed by atoms with E-state index >= 15 is 0 Å². The minimum atomic E-state index is -0.671. The molecular formula is C27H25IN2O7S. The number of aromatic nitrogens is 1. The van der Waals surface area contributed by atoms with Crippen LogP contribution in [0.15, 0.2) is 63.5 Å². The Kier molecular flexibility index (Phi) is 8.67. The van der Waals surface area contributed by atoms with Gasteiger partial charge in [-0.1, -0.05) is 41.7 Å². The number of carbonyl (C=O) groups is 2. The molecule has 0 saturated heterocycles. The molecular weight excluding hydrogens is 623 g/mol. The number of methoxy groups -OCH3 is 2. The summed E-state index contributed by atoms with van der Waals surface area (Å²) in [6.45, 7) is 3.47. The molecule has 2 aromatic carbocycles. The molecule has 0 fully saturated rings. The number of carbonyl (C=O) groups excluding carboxylic acids is 2. The molecule has 0 bridgehead atoms. The zero-order valence-electron chi connectivity index (χ0n) is 21.1. The van der Waals surface area contributed by atoms with Crippen molar-refractivity contribution < 1.29 is 28.5 Å². The Bertz CT molecular complexity index is 1590. The zero-order valence-corrected chi connectivity index (χ0v) is 24.1. The van der Waals surface area contributed by atoms with Crippen LogP contribution in [-0.4, -0.2) is 43.9 Å². The van der Waals surface area contributed by atoms with E-state index in [1.165, 1.54) is 30.1 Å². The van der Waals surface area contributed by atoms with Gasteiger partial charge in [0.15, 0.2) is 22.9 Å². The quantitative estimate of drug-likeness (QED) is 0.273. The fourth-order valence-corrected chi connectivity index (χ4v) is 5.92. The average Bonchev–Trinajstić information content (AvgIpc) is 3.21. The Morgan fingerprint density at radius 3 is 2.58 bits per heavy atom. The molecule has 1 aromatic heterocycles. The van der Waals surface area contributed by atoms with Crippen LogP contribution in [0.25, 0.3) is 6.08 Å². The number of ether oxygens (including phenoxy) is 4. The van der Waals surface area contributed by atoms with Crippen LogP contribution in [0, 0.1) is 3.57 Å². The SMILES string of the molecule is CCOC(=O)COc1c(I)cc(C=c2sc3n(c2=O)C(c2ccccc2)C(C(=O)OC)=C(C)N=3)cc1OC. The fourth-order valence-electron chi connectivity index (χ4n) is 4.09.